The number of rotatable bonds is 6. The second-order valence-electron chi connectivity index (χ2n) is 4.64. The molecule has 1 N–H and O–H groups in total. The largest absolute Gasteiger partial charge is 0.454 e. The second kappa shape index (κ2) is 6.79. The molecule has 0 aliphatic carbocycles. The summed E-state index contributed by atoms with van der Waals surface area (Å²) in [5.74, 6) is 1.29. The van der Waals surface area contributed by atoms with E-state index in [-0.39, 0.29) is 12.7 Å². The first-order chi connectivity index (χ1) is 10.2. The zero-order valence-electron chi connectivity index (χ0n) is 12.1. The number of amides is 1. The fraction of sp³-hybridized carbons (Fsp3) is 0.235. The molecule has 4 nitrogen and oxygen atoms in total. The van der Waals surface area contributed by atoms with Gasteiger partial charge in [0.15, 0.2) is 11.5 Å². The predicted molar refractivity (Wildman–Crippen MR) is 82.1 cm³/mol. The summed E-state index contributed by atoms with van der Waals surface area (Å²) >= 11 is 0. The summed E-state index contributed by atoms with van der Waals surface area (Å²) in [5.41, 5.74) is 2.30. The van der Waals surface area contributed by atoms with Crippen molar-refractivity contribution in [3.63, 3.8) is 0 Å². The van der Waals surface area contributed by atoms with Gasteiger partial charge in [0.25, 0.3) is 5.91 Å². The molecule has 0 saturated heterocycles. The lowest BCUT2D eigenvalue weighted by atomic mass is 10.0. The highest BCUT2D eigenvalue weighted by Gasteiger charge is 2.14. The van der Waals surface area contributed by atoms with Crippen LogP contribution in [0.1, 0.15) is 18.9 Å². The normalized spacial score (nSPS) is 12.9. The minimum atomic E-state index is -0.153. The molecule has 0 aromatic heterocycles. The summed E-state index contributed by atoms with van der Waals surface area (Å²) in [4.78, 5) is 12.2. The molecule has 110 valence electrons. The molecule has 0 radical (unpaired) electrons. The topological polar surface area (TPSA) is 47.6 Å². The molecule has 1 amide bonds. The van der Waals surface area contributed by atoms with Gasteiger partial charge in [-0.2, -0.15) is 0 Å². The molecular weight excluding hydrogens is 266 g/mol. The highest BCUT2D eigenvalue weighted by atomic mass is 16.7. The fourth-order valence-corrected chi connectivity index (χ4v) is 1.99. The van der Waals surface area contributed by atoms with Crippen LogP contribution in [0.4, 0.5) is 0 Å². The van der Waals surface area contributed by atoms with E-state index in [9.17, 15) is 4.79 Å². The minimum Gasteiger partial charge on any atom is -0.454 e. The maximum atomic E-state index is 12.2. The molecule has 0 fully saturated rings. The number of benzene rings is 1. The van der Waals surface area contributed by atoms with Crippen LogP contribution in [0.15, 0.2) is 54.7 Å². The number of allylic oxidation sites excluding steroid dienone is 2. The molecule has 1 heterocycles. The van der Waals surface area contributed by atoms with Crippen LogP contribution in [-0.2, 0) is 11.3 Å². The smallest absolute Gasteiger partial charge is 0.251 e. The van der Waals surface area contributed by atoms with Crippen LogP contribution in [-0.4, -0.2) is 12.7 Å². The van der Waals surface area contributed by atoms with Crippen molar-refractivity contribution in [2.45, 2.75) is 19.9 Å². The molecule has 1 aliphatic rings. The van der Waals surface area contributed by atoms with Crippen LogP contribution in [0.3, 0.4) is 0 Å². The third kappa shape index (κ3) is 3.54. The Morgan fingerprint density at radius 2 is 2.14 bits per heavy atom. The van der Waals surface area contributed by atoms with Crippen LogP contribution in [0, 0.1) is 0 Å². The average Bonchev–Trinajstić information content (AvgIpc) is 2.97. The van der Waals surface area contributed by atoms with Crippen molar-refractivity contribution >= 4 is 5.91 Å². The van der Waals surface area contributed by atoms with Crippen molar-refractivity contribution in [2.24, 2.45) is 0 Å². The van der Waals surface area contributed by atoms with E-state index in [1.54, 1.807) is 12.2 Å². The van der Waals surface area contributed by atoms with E-state index in [0.717, 1.165) is 23.3 Å². The summed E-state index contributed by atoms with van der Waals surface area (Å²) in [6.07, 6.45) is 3.99. The molecule has 0 atom stereocenters. The third-order valence-corrected chi connectivity index (χ3v) is 3.23. The van der Waals surface area contributed by atoms with E-state index >= 15 is 0 Å². The van der Waals surface area contributed by atoms with E-state index in [2.05, 4.69) is 18.5 Å². The first-order valence-electron chi connectivity index (χ1n) is 6.83. The SMILES string of the molecule is C=C/C=C(\C(=C)CC)C(=O)NCc1ccc2c(c1)OCO2. The summed E-state index contributed by atoms with van der Waals surface area (Å²) in [5, 5.41) is 2.88. The molecule has 21 heavy (non-hydrogen) atoms. The van der Waals surface area contributed by atoms with E-state index in [0.29, 0.717) is 17.9 Å². The van der Waals surface area contributed by atoms with E-state index in [1.165, 1.54) is 0 Å². The summed E-state index contributed by atoms with van der Waals surface area (Å²) in [6, 6.07) is 5.61. The van der Waals surface area contributed by atoms with Crippen molar-refractivity contribution < 1.29 is 14.3 Å². The maximum Gasteiger partial charge on any atom is 0.251 e. The monoisotopic (exact) mass is 285 g/mol. The summed E-state index contributed by atoms with van der Waals surface area (Å²) in [7, 11) is 0. The van der Waals surface area contributed by atoms with Gasteiger partial charge < -0.3 is 14.8 Å². The number of hydrogen-bond donors (Lipinski definition) is 1. The summed E-state index contributed by atoms with van der Waals surface area (Å²) in [6.45, 7) is 10.2. The fourth-order valence-electron chi connectivity index (χ4n) is 1.99. The van der Waals surface area contributed by atoms with Gasteiger partial charge in [0.2, 0.25) is 6.79 Å². The lowest BCUT2D eigenvalue weighted by Gasteiger charge is -2.10. The molecule has 2 rings (SSSR count). The molecule has 1 aliphatic heterocycles. The molecule has 0 saturated carbocycles. The number of fused-ring (bicyclic) bond motifs is 1. The van der Waals surface area contributed by atoms with Gasteiger partial charge in [-0.1, -0.05) is 32.2 Å². The number of nitrogens with one attached hydrogen (secondary N) is 1. The molecule has 0 spiro atoms. The van der Waals surface area contributed by atoms with E-state index in [4.69, 9.17) is 9.47 Å². The first-order valence-corrected chi connectivity index (χ1v) is 6.83. The lowest BCUT2D eigenvalue weighted by Crippen LogP contribution is -2.25. The Hall–Kier alpha value is -2.49. The first kappa shape index (κ1) is 14.9. The van der Waals surface area contributed by atoms with Gasteiger partial charge in [-0.25, -0.2) is 0 Å². The maximum absolute atomic E-state index is 12.2. The van der Waals surface area contributed by atoms with Crippen molar-refractivity contribution in [1.82, 2.24) is 5.32 Å². The van der Waals surface area contributed by atoms with Crippen molar-refractivity contribution in [1.29, 1.82) is 0 Å². The summed E-state index contributed by atoms with van der Waals surface area (Å²) < 4.78 is 10.6. The highest BCUT2D eigenvalue weighted by Crippen LogP contribution is 2.32. The standard InChI is InChI=1S/C17H19NO3/c1-4-6-14(12(3)5-2)17(19)18-10-13-7-8-15-16(9-13)21-11-20-15/h4,6-9H,1,3,5,10-11H2,2H3,(H,18,19)/b14-6+. The highest BCUT2D eigenvalue weighted by molar-refractivity contribution is 5.97. The van der Waals surface area contributed by atoms with Crippen LogP contribution in [0.5, 0.6) is 11.5 Å². The van der Waals surface area contributed by atoms with Crippen molar-refractivity contribution in [3.05, 3.63) is 60.2 Å². The van der Waals surface area contributed by atoms with Gasteiger partial charge in [0.05, 0.1) is 0 Å². The Bertz CT molecular complexity index is 602. The second-order valence-corrected chi connectivity index (χ2v) is 4.64. The molecule has 1 aromatic rings. The lowest BCUT2D eigenvalue weighted by molar-refractivity contribution is -0.117. The quantitative estimate of drug-likeness (QED) is 0.645. The number of carbonyl (C=O) groups is 1. The Morgan fingerprint density at radius 3 is 2.86 bits per heavy atom. The van der Waals surface area contributed by atoms with Crippen molar-refractivity contribution in [2.75, 3.05) is 6.79 Å². The van der Waals surface area contributed by atoms with Crippen LogP contribution < -0.4 is 14.8 Å². The Labute approximate surface area is 124 Å². The Morgan fingerprint density at radius 1 is 1.38 bits per heavy atom. The van der Waals surface area contributed by atoms with Gasteiger partial charge in [-0.05, 0) is 35.8 Å². The third-order valence-electron chi connectivity index (χ3n) is 3.23. The van der Waals surface area contributed by atoms with Gasteiger partial charge in [-0.3, -0.25) is 4.79 Å². The molecule has 0 bridgehead atoms. The molecule has 1 aromatic carbocycles. The number of ether oxygens (including phenoxy) is 2. The van der Waals surface area contributed by atoms with E-state index in [1.807, 2.05) is 25.1 Å². The van der Waals surface area contributed by atoms with Gasteiger partial charge in [-0.15, -0.1) is 0 Å². The predicted octanol–water partition coefficient (Wildman–Crippen LogP) is 3.11. The number of hydrogen-bond acceptors (Lipinski definition) is 3. The minimum absolute atomic E-state index is 0.153. The number of carbonyl (C=O) groups excluding carboxylic acids is 1. The Kier molecular flexibility index (Phi) is 4.82. The molecular formula is C17H19NO3. The van der Waals surface area contributed by atoms with Crippen LogP contribution in [0.2, 0.25) is 0 Å². The average molecular weight is 285 g/mol. The molecule has 0 unspecified atom stereocenters. The zero-order chi connectivity index (χ0) is 15.2. The van der Waals surface area contributed by atoms with Gasteiger partial charge in [0, 0.05) is 12.1 Å². The van der Waals surface area contributed by atoms with Crippen LogP contribution >= 0.6 is 0 Å². The van der Waals surface area contributed by atoms with Crippen molar-refractivity contribution in [3.8, 4) is 11.5 Å². The van der Waals surface area contributed by atoms with Gasteiger partial charge in [0.1, 0.15) is 0 Å². The van der Waals surface area contributed by atoms with Gasteiger partial charge >= 0.3 is 0 Å². The molecule has 4 heteroatoms. The van der Waals surface area contributed by atoms with E-state index < -0.39 is 0 Å². The Balaban J connectivity index is 2.01. The van der Waals surface area contributed by atoms with Crippen LogP contribution in [0.25, 0.3) is 0 Å². The zero-order valence-corrected chi connectivity index (χ0v) is 12.1.